The number of aliphatic hydroxyl groups excluding tert-OH is 1. The first kappa shape index (κ1) is 18.0. The summed E-state index contributed by atoms with van der Waals surface area (Å²) in [5.74, 6) is -0.630. The van der Waals surface area contributed by atoms with Crippen LogP contribution in [-0.4, -0.2) is 56.5 Å². The standard InChI is InChI=1S/C14H23FN2O3S/c1-4-17(9-5-8-16(2)3)21(19,20)14-10-13(15)7-6-12(14)11-18/h6-7,10,18H,4-5,8-9,11H2,1-3H3. The first-order valence-electron chi connectivity index (χ1n) is 6.87. The second-order valence-corrected chi connectivity index (χ2v) is 6.97. The molecular weight excluding hydrogens is 295 g/mol. The molecule has 1 aromatic rings. The highest BCUT2D eigenvalue weighted by Crippen LogP contribution is 2.22. The number of hydrogen-bond acceptors (Lipinski definition) is 4. The van der Waals surface area contributed by atoms with Gasteiger partial charge in [0.15, 0.2) is 0 Å². The van der Waals surface area contributed by atoms with E-state index in [9.17, 15) is 17.9 Å². The molecule has 5 nitrogen and oxygen atoms in total. The van der Waals surface area contributed by atoms with Gasteiger partial charge in [-0.3, -0.25) is 0 Å². The number of hydrogen-bond donors (Lipinski definition) is 1. The van der Waals surface area contributed by atoms with E-state index in [-0.39, 0.29) is 10.5 Å². The van der Waals surface area contributed by atoms with Crippen LogP contribution >= 0.6 is 0 Å². The third-order valence-corrected chi connectivity index (χ3v) is 5.24. The Kier molecular flexibility index (Phi) is 6.73. The lowest BCUT2D eigenvalue weighted by Crippen LogP contribution is -2.34. The van der Waals surface area contributed by atoms with Crippen LogP contribution in [0.4, 0.5) is 4.39 Å². The summed E-state index contributed by atoms with van der Waals surface area (Å²) in [5.41, 5.74) is 0.211. The van der Waals surface area contributed by atoms with E-state index in [0.29, 0.717) is 19.5 Å². The first-order chi connectivity index (χ1) is 9.82. The van der Waals surface area contributed by atoms with Gasteiger partial charge in [0.25, 0.3) is 0 Å². The van der Waals surface area contributed by atoms with Crippen molar-refractivity contribution < 1.29 is 17.9 Å². The molecule has 1 rings (SSSR count). The molecule has 0 aromatic heterocycles. The highest BCUT2D eigenvalue weighted by Gasteiger charge is 2.25. The summed E-state index contributed by atoms with van der Waals surface area (Å²) >= 11 is 0. The maximum Gasteiger partial charge on any atom is 0.243 e. The molecule has 0 spiro atoms. The predicted molar refractivity (Wildman–Crippen MR) is 79.9 cm³/mol. The van der Waals surface area contributed by atoms with Crippen LogP contribution in [0.2, 0.25) is 0 Å². The second-order valence-electron chi connectivity index (χ2n) is 5.06. The average molecular weight is 318 g/mol. The predicted octanol–water partition coefficient (Wildman–Crippen LogP) is 1.28. The van der Waals surface area contributed by atoms with Crippen LogP contribution in [0.3, 0.4) is 0 Å². The van der Waals surface area contributed by atoms with Crippen LogP contribution < -0.4 is 0 Å². The quantitative estimate of drug-likeness (QED) is 0.784. The minimum Gasteiger partial charge on any atom is -0.392 e. The largest absolute Gasteiger partial charge is 0.392 e. The van der Waals surface area contributed by atoms with E-state index >= 15 is 0 Å². The van der Waals surface area contributed by atoms with Crippen LogP contribution in [0.25, 0.3) is 0 Å². The number of benzene rings is 1. The molecule has 1 aromatic carbocycles. The van der Waals surface area contributed by atoms with Gasteiger partial charge in [-0.1, -0.05) is 13.0 Å². The fraction of sp³-hybridized carbons (Fsp3) is 0.571. The van der Waals surface area contributed by atoms with Crippen LogP contribution in [-0.2, 0) is 16.6 Å². The smallest absolute Gasteiger partial charge is 0.243 e. The molecule has 0 amide bonds. The van der Waals surface area contributed by atoms with Crippen molar-refractivity contribution in [2.24, 2.45) is 0 Å². The number of nitrogens with zero attached hydrogens (tertiary/aromatic N) is 2. The van der Waals surface area contributed by atoms with E-state index in [1.165, 1.54) is 10.4 Å². The van der Waals surface area contributed by atoms with Gasteiger partial charge in [-0.05, 0) is 44.8 Å². The highest BCUT2D eigenvalue weighted by molar-refractivity contribution is 7.89. The van der Waals surface area contributed by atoms with Crippen molar-refractivity contribution in [1.82, 2.24) is 9.21 Å². The number of sulfonamides is 1. The summed E-state index contributed by atoms with van der Waals surface area (Å²) in [6.45, 7) is 2.73. The summed E-state index contributed by atoms with van der Waals surface area (Å²) in [6, 6.07) is 3.41. The molecule has 0 bridgehead atoms. The Morgan fingerprint density at radius 3 is 2.43 bits per heavy atom. The zero-order valence-corrected chi connectivity index (χ0v) is 13.5. The fourth-order valence-corrected chi connectivity index (χ4v) is 3.76. The van der Waals surface area contributed by atoms with Crippen LogP contribution in [0.15, 0.2) is 23.1 Å². The molecule has 0 saturated heterocycles. The Morgan fingerprint density at radius 1 is 1.24 bits per heavy atom. The van der Waals surface area contributed by atoms with E-state index in [4.69, 9.17) is 0 Å². The van der Waals surface area contributed by atoms with Gasteiger partial charge in [0.1, 0.15) is 5.82 Å². The molecule has 21 heavy (non-hydrogen) atoms. The third-order valence-electron chi connectivity index (χ3n) is 3.18. The van der Waals surface area contributed by atoms with Gasteiger partial charge in [0, 0.05) is 13.1 Å². The van der Waals surface area contributed by atoms with Gasteiger partial charge in [-0.25, -0.2) is 12.8 Å². The van der Waals surface area contributed by atoms with Crippen molar-refractivity contribution in [1.29, 1.82) is 0 Å². The molecule has 0 heterocycles. The molecule has 120 valence electrons. The van der Waals surface area contributed by atoms with Crippen LogP contribution in [0.5, 0.6) is 0 Å². The molecule has 0 aliphatic heterocycles. The molecule has 0 unspecified atom stereocenters. The summed E-state index contributed by atoms with van der Waals surface area (Å²) < 4.78 is 39.9. The van der Waals surface area contributed by atoms with Crippen molar-refractivity contribution >= 4 is 10.0 Å². The summed E-state index contributed by atoms with van der Waals surface area (Å²) in [7, 11) is 0.0362. The van der Waals surface area contributed by atoms with E-state index in [0.717, 1.165) is 18.7 Å². The fourth-order valence-electron chi connectivity index (χ4n) is 2.05. The molecule has 0 aliphatic rings. The lowest BCUT2D eigenvalue weighted by atomic mass is 10.2. The van der Waals surface area contributed by atoms with E-state index in [1.807, 2.05) is 19.0 Å². The Hall–Kier alpha value is -1.02. The summed E-state index contributed by atoms with van der Waals surface area (Å²) in [6.07, 6.45) is 0.684. The molecule has 0 aliphatic carbocycles. The van der Waals surface area contributed by atoms with Gasteiger partial charge in [-0.2, -0.15) is 4.31 Å². The summed E-state index contributed by atoms with van der Waals surface area (Å²) in [5, 5.41) is 9.26. The maximum absolute atomic E-state index is 13.4. The number of aliphatic hydroxyl groups is 1. The summed E-state index contributed by atoms with van der Waals surface area (Å²) in [4.78, 5) is 1.82. The molecule has 0 fully saturated rings. The molecule has 1 N–H and O–H groups in total. The molecule has 0 saturated carbocycles. The van der Waals surface area contributed by atoms with Gasteiger partial charge in [0.05, 0.1) is 11.5 Å². The SMILES string of the molecule is CCN(CCCN(C)C)S(=O)(=O)c1cc(F)ccc1CO. The van der Waals surface area contributed by atoms with Gasteiger partial charge in [0.2, 0.25) is 10.0 Å². The van der Waals surface area contributed by atoms with Crippen LogP contribution in [0, 0.1) is 5.82 Å². The van der Waals surface area contributed by atoms with Crippen molar-refractivity contribution in [2.45, 2.75) is 24.8 Å². The van der Waals surface area contributed by atoms with E-state index in [1.54, 1.807) is 6.92 Å². The van der Waals surface area contributed by atoms with Gasteiger partial charge >= 0.3 is 0 Å². The zero-order valence-electron chi connectivity index (χ0n) is 12.7. The number of rotatable bonds is 8. The normalized spacial score (nSPS) is 12.3. The minimum absolute atomic E-state index is 0.156. The van der Waals surface area contributed by atoms with Crippen LogP contribution in [0.1, 0.15) is 18.9 Å². The Morgan fingerprint density at radius 2 is 1.90 bits per heavy atom. The van der Waals surface area contributed by atoms with Crippen molar-refractivity contribution in [3.63, 3.8) is 0 Å². The highest BCUT2D eigenvalue weighted by atomic mass is 32.2. The third kappa shape index (κ3) is 4.74. The topological polar surface area (TPSA) is 60.9 Å². The molecule has 7 heteroatoms. The minimum atomic E-state index is -3.80. The Bertz CT molecular complexity index is 561. The van der Waals surface area contributed by atoms with Crippen molar-refractivity contribution in [3.05, 3.63) is 29.6 Å². The zero-order chi connectivity index (χ0) is 16.0. The Labute approximate surface area is 126 Å². The van der Waals surface area contributed by atoms with Crippen molar-refractivity contribution in [3.8, 4) is 0 Å². The Balaban J connectivity index is 3.04. The number of halogens is 1. The lowest BCUT2D eigenvalue weighted by Gasteiger charge is -2.22. The van der Waals surface area contributed by atoms with E-state index < -0.39 is 22.4 Å². The van der Waals surface area contributed by atoms with Gasteiger partial charge < -0.3 is 10.0 Å². The van der Waals surface area contributed by atoms with E-state index in [2.05, 4.69) is 0 Å². The molecule has 0 atom stereocenters. The maximum atomic E-state index is 13.4. The molecular formula is C14H23FN2O3S. The monoisotopic (exact) mass is 318 g/mol. The molecule has 0 radical (unpaired) electrons. The average Bonchev–Trinajstić information content (AvgIpc) is 2.43. The lowest BCUT2D eigenvalue weighted by molar-refractivity contribution is 0.277. The second kappa shape index (κ2) is 7.84. The van der Waals surface area contributed by atoms with Gasteiger partial charge in [-0.15, -0.1) is 0 Å². The first-order valence-corrected chi connectivity index (χ1v) is 8.31. The van der Waals surface area contributed by atoms with Crippen molar-refractivity contribution in [2.75, 3.05) is 33.7 Å².